The average molecular weight is 210 g/mol. The van der Waals surface area contributed by atoms with Gasteiger partial charge in [-0.05, 0) is 41.4 Å². The molecule has 0 atom stereocenters. The Kier molecular flexibility index (Phi) is 7.18. The number of rotatable bonds is 6. The Morgan fingerprint density at radius 1 is 0.818 bits per heavy atom. The highest BCUT2D eigenvalue weighted by atomic mass is 32.2. The molecule has 68 valence electrons. The molecule has 0 saturated carbocycles. The standard InChI is InChI=1S/C8H18S3/c1-8(5-9-2,6-10-3)7-11-4/h5-7H2,1-4H3. The molecule has 0 spiro atoms. The Morgan fingerprint density at radius 3 is 1.27 bits per heavy atom. The van der Waals surface area contributed by atoms with Crippen LogP contribution in [0.5, 0.6) is 0 Å². The summed E-state index contributed by atoms with van der Waals surface area (Å²) in [6.45, 7) is 2.39. The largest absolute Gasteiger partial charge is 0.165 e. The van der Waals surface area contributed by atoms with E-state index in [9.17, 15) is 0 Å². The van der Waals surface area contributed by atoms with Crippen LogP contribution in [0.4, 0.5) is 0 Å². The summed E-state index contributed by atoms with van der Waals surface area (Å²) in [6, 6.07) is 0. The molecule has 11 heavy (non-hydrogen) atoms. The van der Waals surface area contributed by atoms with Crippen molar-refractivity contribution in [3.63, 3.8) is 0 Å². The van der Waals surface area contributed by atoms with Crippen molar-refractivity contribution >= 4 is 35.3 Å². The molecule has 0 fully saturated rings. The highest BCUT2D eigenvalue weighted by Gasteiger charge is 2.21. The fraction of sp³-hybridized carbons (Fsp3) is 1.00. The van der Waals surface area contributed by atoms with Crippen molar-refractivity contribution in [2.75, 3.05) is 36.0 Å². The molecule has 0 rings (SSSR count). The maximum Gasteiger partial charge on any atom is -0.0000413 e. The minimum absolute atomic E-state index is 0.540. The molecule has 0 N–H and O–H groups in total. The molecule has 0 aliphatic carbocycles. The molecule has 0 aromatic carbocycles. The van der Waals surface area contributed by atoms with E-state index in [1.807, 2.05) is 35.3 Å². The van der Waals surface area contributed by atoms with E-state index in [4.69, 9.17) is 0 Å². The highest BCUT2D eigenvalue weighted by molar-refractivity contribution is 8.00. The van der Waals surface area contributed by atoms with Crippen molar-refractivity contribution in [1.82, 2.24) is 0 Å². The van der Waals surface area contributed by atoms with E-state index in [0.717, 1.165) is 0 Å². The highest BCUT2D eigenvalue weighted by Crippen LogP contribution is 2.28. The van der Waals surface area contributed by atoms with E-state index in [2.05, 4.69) is 25.7 Å². The van der Waals surface area contributed by atoms with Gasteiger partial charge in [-0.3, -0.25) is 0 Å². The molecule has 0 saturated heterocycles. The second-order valence-electron chi connectivity index (χ2n) is 3.11. The molecular weight excluding hydrogens is 192 g/mol. The molecule has 0 aromatic heterocycles. The van der Waals surface area contributed by atoms with Gasteiger partial charge in [0.05, 0.1) is 0 Å². The molecular formula is C8H18S3. The lowest BCUT2D eigenvalue weighted by atomic mass is 9.99. The van der Waals surface area contributed by atoms with Crippen molar-refractivity contribution in [1.29, 1.82) is 0 Å². The van der Waals surface area contributed by atoms with Gasteiger partial charge < -0.3 is 0 Å². The third-order valence-electron chi connectivity index (χ3n) is 1.48. The van der Waals surface area contributed by atoms with Crippen molar-refractivity contribution in [2.45, 2.75) is 6.92 Å². The summed E-state index contributed by atoms with van der Waals surface area (Å²) in [4.78, 5) is 0. The van der Waals surface area contributed by atoms with Crippen LogP contribution in [-0.4, -0.2) is 36.0 Å². The SMILES string of the molecule is CSCC(C)(CSC)CSC. The van der Waals surface area contributed by atoms with Crippen LogP contribution in [-0.2, 0) is 0 Å². The van der Waals surface area contributed by atoms with Gasteiger partial charge in [0.2, 0.25) is 0 Å². The molecule has 0 bridgehead atoms. The first kappa shape index (κ1) is 12.0. The first-order chi connectivity index (χ1) is 5.18. The van der Waals surface area contributed by atoms with E-state index in [0.29, 0.717) is 5.41 Å². The summed E-state index contributed by atoms with van der Waals surface area (Å²) in [5.41, 5.74) is 0.540. The zero-order valence-electron chi connectivity index (χ0n) is 7.85. The van der Waals surface area contributed by atoms with Gasteiger partial charge in [0.25, 0.3) is 0 Å². The third kappa shape index (κ3) is 5.31. The molecule has 0 unspecified atom stereocenters. The molecule has 0 amide bonds. The van der Waals surface area contributed by atoms with Crippen LogP contribution >= 0.6 is 35.3 Å². The lowest BCUT2D eigenvalue weighted by Crippen LogP contribution is -2.25. The summed E-state index contributed by atoms with van der Waals surface area (Å²) in [7, 11) is 0. The fourth-order valence-electron chi connectivity index (χ4n) is 1.17. The molecule has 3 heteroatoms. The van der Waals surface area contributed by atoms with Crippen LogP contribution in [0.2, 0.25) is 0 Å². The molecule has 0 radical (unpaired) electrons. The average Bonchev–Trinajstić information content (AvgIpc) is 1.88. The first-order valence-electron chi connectivity index (χ1n) is 3.65. The van der Waals surface area contributed by atoms with Gasteiger partial charge >= 0.3 is 0 Å². The Bertz CT molecular complexity index is 76.3. The number of thioether (sulfide) groups is 3. The summed E-state index contributed by atoms with van der Waals surface area (Å²) >= 11 is 5.89. The van der Waals surface area contributed by atoms with Crippen LogP contribution in [0, 0.1) is 5.41 Å². The predicted octanol–water partition coefficient (Wildman–Crippen LogP) is 3.08. The van der Waals surface area contributed by atoms with Crippen LogP contribution in [0.3, 0.4) is 0 Å². The minimum Gasteiger partial charge on any atom is -0.165 e. The zero-order valence-corrected chi connectivity index (χ0v) is 10.3. The molecule has 0 aliphatic heterocycles. The summed E-state index contributed by atoms with van der Waals surface area (Å²) in [5, 5.41) is 0. The van der Waals surface area contributed by atoms with Crippen LogP contribution in [0.15, 0.2) is 0 Å². The van der Waals surface area contributed by atoms with E-state index < -0.39 is 0 Å². The Morgan fingerprint density at radius 2 is 1.09 bits per heavy atom. The molecule has 0 aromatic rings. The van der Waals surface area contributed by atoms with Crippen LogP contribution in [0.1, 0.15) is 6.92 Å². The van der Waals surface area contributed by atoms with Gasteiger partial charge in [-0.15, -0.1) is 0 Å². The lowest BCUT2D eigenvalue weighted by Gasteiger charge is -2.26. The normalized spacial score (nSPS) is 12.0. The van der Waals surface area contributed by atoms with Gasteiger partial charge in [0.1, 0.15) is 0 Å². The summed E-state index contributed by atoms with van der Waals surface area (Å²) in [5.74, 6) is 3.86. The van der Waals surface area contributed by atoms with E-state index >= 15 is 0 Å². The quantitative estimate of drug-likeness (QED) is 0.661. The maximum atomic E-state index is 2.39. The van der Waals surface area contributed by atoms with Gasteiger partial charge in [-0.25, -0.2) is 0 Å². The topological polar surface area (TPSA) is 0 Å². The zero-order chi connectivity index (χ0) is 8.74. The Labute approximate surface area is 83.7 Å². The van der Waals surface area contributed by atoms with E-state index in [-0.39, 0.29) is 0 Å². The first-order valence-corrected chi connectivity index (χ1v) is 7.83. The summed E-state index contributed by atoms with van der Waals surface area (Å²) < 4.78 is 0. The van der Waals surface area contributed by atoms with Gasteiger partial charge in [0, 0.05) is 0 Å². The maximum absolute atomic E-state index is 2.39. The summed E-state index contributed by atoms with van der Waals surface area (Å²) in [6.07, 6.45) is 6.58. The van der Waals surface area contributed by atoms with Gasteiger partial charge in [0.15, 0.2) is 0 Å². The van der Waals surface area contributed by atoms with Crippen LogP contribution < -0.4 is 0 Å². The van der Waals surface area contributed by atoms with Crippen molar-refractivity contribution < 1.29 is 0 Å². The van der Waals surface area contributed by atoms with E-state index in [1.54, 1.807) is 0 Å². The molecule has 0 nitrogen and oxygen atoms in total. The van der Waals surface area contributed by atoms with Gasteiger partial charge in [-0.2, -0.15) is 35.3 Å². The smallest absolute Gasteiger partial charge is 0.0000413 e. The van der Waals surface area contributed by atoms with Crippen molar-refractivity contribution in [2.24, 2.45) is 5.41 Å². The second kappa shape index (κ2) is 6.55. The minimum atomic E-state index is 0.540. The lowest BCUT2D eigenvalue weighted by molar-refractivity contribution is 0.505. The molecule has 0 aliphatic rings. The monoisotopic (exact) mass is 210 g/mol. The predicted molar refractivity (Wildman–Crippen MR) is 63.3 cm³/mol. The second-order valence-corrected chi connectivity index (χ2v) is 5.71. The fourth-order valence-corrected chi connectivity index (χ4v) is 4.26. The third-order valence-corrected chi connectivity index (χ3v) is 4.44. The number of hydrogen-bond acceptors (Lipinski definition) is 3. The Balaban J connectivity index is 3.79. The Hall–Kier alpha value is 1.05. The van der Waals surface area contributed by atoms with Crippen molar-refractivity contribution in [3.8, 4) is 0 Å². The van der Waals surface area contributed by atoms with E-state index in [1.165, 1.54) is 17.3 Å². The van der Waals surface area contributed by atoms with Crippen LogP contribution in [0.25, 0.3) is 0 Å². The molecule has 0 heterocycles. The number of hydrogen-bond donors (Lipinski definition) is 0. The van der Waals surface area contributed by atoms with Crippen molar-refractivity contribution in [3.05, 3.63) is 0 Å². The van der Waals surface area contributed by atoms with Gasteiger partial charge in [-0.1, -0.05) is 6.92 Å².